The van der Waals surface area contributed by atoms with Crippen LogP contribution in [0.25, 0.3) is 0 Å². The summed E-state index contributed by atoms with van der Waals surface area (Å²) in [5.74, 6) is 1.07. The highest BCUT2D eigenvalue weighted by molar-refractivity contribution is 5.65. The van der Waals surface area contributed by atoms with Crippen molar-refractivity contribution in [1.82, 2.24) is 0 Å². The van der Waals surface area contributed by atoms with Crippen LogP contribution in [0.5, 0.6) is 0 Å². The smallest absolute Gasteiger partial charge is 0.302 e. The first-order valence-corrected chi connectivity index (χ1v) is 7.08. The van der Waals surface area contributed by atoms with Crippen molar-refractivity contribution in [3.05, 3.63) is 35.9 Å². The molecule has 0 amide bonds. The quantitative estimate of drug-likeness (QED) is 0.801. The number of aryl methyl sites for hydroxylation is 1. The number of carbonyl (C=O) groups is 1. The Morgan fingerprint density at radius 2 is 2.05 bits per heavy atom. The second-order valence-electron chi connectivity index (χ2n) is 5.59. The van der Waals surface area contributed by atoms with E-state index >= 15 is 0 Å². The van der Waals surface area contributed by atoms with Crippen LogP contribution in [0.4, 0.5) is 0 Å². The monoisotopic (exact) mass is 261 g/mol. The van der Waals surface area contributed by atoms with Crippen molar-refractivity contribution in [2.45, 2.75) is 38.6 Å². The zero-order chi connectivity index (χ0) is 13.7. The molecule has 104 valence electrons. The minimum absolute atomic E-state index is 0.0110. The summed E-state index contributed by atoms with van der Waals surface area (Å²) in [5.41, 5.74) is 7.43. The van der Waals surface area contributed by atoms with Gasteiger partial charge in [-0.1, -0.05) is 30.3 Å². The Morgan fingerprint density at radius 3 is 2.68 bits per heavy atom. The summed E-state index contributed by atoms with van der Waals surface area (Å²) in [6.07, 6.45) is 4.74. The van der Waals surface area contributed by atoms with Gasteiger partial charge in [-0.25, -0.2) is 0 Å². The Morgan fingerprint density at radius 1 is 1.37 bits per heavy atom. The molecule has 1 atom stereocenters. The molecular formula is C16H23NO2. The number of hydrogen-bond acceptors (Lipinski definition) is 3. The molecule has 3 nitrogen and oxygen atoms in total. The highest BCUT2D eigenvalue weighted by Crippen LogP contribution is 2.38. The summed E-state index contributed by atoms with van der Waals surface area (Å²) in [6.45, 7) is 1.79. The second-order valence-corrected chi connectivity index (χ2v) is 5.59. The summed E-state index contributed by atoms with van der Waals surface area (Å²) in [6, 6.07) is 10.6. The standard InChI is InChI=1S/C16H23NO2/c1-12(18)19-11-16(17)15-9-14(10-15)8-7-13-5-3-2-4-6-13/h2-6,14-16H,7-11,17H2,1H3. The number of esters is 1. The Bertz CT molecular complexity index is 398. The minimum atomic E-state index is -0.240. The largest absolute Gasteiger partial charge is 0.464 e. The number of ether oxygens (including phenoxy) is 1. The van der Waals surface area contributed by atoms with Gasteiger partial charge in [0.15, 0.2) is 0 Å². The zero-order valence-corrected chi connectivity index (χ0v) is 11.5. The summed E-state index contributed by atoms with van der Waals surface area (Å²) < 4.78 is 4.96. The molecule has 2 rings (SSSR count). The normalized spacial score (nSPS) is 23.5. The molecule has 2 N–H and O–H groups in total. The van der Waals surface area contributed by atoms with Gasteiger partial charge in [-0.05, 0) is 43.1 Å². The fourth-order valence-electron chi connectivity index (χ4n) is 2.74. The van der Waals surface area contributed by atoms with Crippen LogP contribution >= 0.6 is 0 Å². The average molecular weight is 261 g/mol. The number of nitrogens with two attached hydrogens (primary N) is 1. The van der Waals surface area contributed by atoms with Crippen LogP contribution < -0.4 is 5.73 Å². The summed E-state index contributed by atoms with van der Waals surface area (Å²) >= 11 is 0. The van der Waals surface area contributed by atoms with Crippen molar-refractivity contribution in [2.75, 3.05) is 6.61 Å². The molecule has 1 saturated carbocycles. The molecule has 1 aliphatic rings. The molecule has 1 fully saturated rings. The van der Waals surface area contributed by atoms with Gasteiger partial charge in [0.2, 0.25) is 0 Å². The summed E-state index contributed by atoms with van der Waals surface area (Å²) in [7, 11) is 0. The molecular weight excluding hydrogens is 238 g/mol. The molecule has 0 bridgehead atoms. The van der Waals surface area contributed by atoms with Crippen molar-refractivity contribution >= 4 is 5.97 Å². The number of rotatable bonds is 6. The molecule has 19 heavy (non-hydrogen) atoms. The molecule has 0 spiro atoms. The van der Waals surface area contributed by atoms with Crippen molar-refractivity contribution in [3.8, 4) is 0 Å². The minimum Gasteiger partial charge on any atom is -0.464 e. The molecule has 0 aliphatic heterocycles. The Labute approximate surface area is 115 Å². The van der Waals surface area contributed by atoms with Crippen molar-refractivity contribution in [2.24, 2.45) is 17.6 Å². The fraction of sp³-hybridized carbons (Fsp3) is 0.562. The van der Waals surface area contributed by atoms with Gasteiger partial charge in [0, 0.05) is 13.0 Å². The fourth-order valence-corrected chi connectivity index (χ4v) is 2.74. The molecule has 0 heterocycles. The van der Waals surface area contributed by atoms with Gasteiger partial charge in [0.25, 0.3) is 0 Å². The number of hydrogen-bond donors (Lipinski definition) is 1. The van der Waals surface area contributed by atoms with E-state index in [1.807, 2.05) is 0 Å². The highest BCUT2D eigenvalue weighted by atomic mass is 16.5. The van der Waals surface area contributed by atoms with E-state index in [0.717, 1.165) is 12.3 Å². The van der Waals surface area contributed by atoms with E-state index < -0.39 is 0 Å². The molecule has 1 aromatic carbocycles. The predicted octanol–water partition coefficient (Wildman–Crippen LogP) is 2.54. The van der Waals surface area contributed by atoms with E-state index in [9.17, 15) is 4.79 Å². The van der Waals surface area contributed by atoms with Gasteiger partial charge in [-0.2, -0.15) is 0 Å². The number of benzene rings is 1. The third kappa shape index (κ3) is 4.35. The van der Waals surface area contributed by atoms with Gasteiger partial charge in [-0.15, -0.1) is 0 Å². The lowest BCUT2D eigenvalue weighted by atomic mass is 9.69. The first-order chi connectivity index (χ1) is 9.15. The van der Waals surface area contributed by atoms with Gasteiger partial charge in [0.05, 0.1) is 0 Å². The molecule has 3 heteroatoms. The summed E-state index contributed by atoms with van der Waals surface area (Å²) in [5, 5.41) is 0. The third-order valence-electron chi connectivity index (χ3n) is 4.04. The maximum absolute atomic E-state index is 10.7. The van der Waals surface area contributed by atoms with Crippen LogP contribution in [0, 0.1) is 11.8 Å². The SMILES string of the molecule is CC(=O)OCC(N)C1CC(CCc2ccccc2)C1. The Balaban J connectivity index is 1.62. The van der Waals surface area contributed by atoms with Crippen LogP contribution in [0.1, 0.15) is 31.7 Å². The topological polar surface area (TPSA) is 52.3 Å². The lowest BCUT2D eigenvalue weighted by molar-refractivity contribution is -0.142. The first kappa shape index (κ1) is 14.1. The highest BCUT2D eigenvalue weighted by Gasteiger charge is 2.33. The molecule has 1 aliphatic carbocycles. The van der Waals surface area contributed by atoms with Crippen molar-refractivity contribution < 1.29 is 9.53 Å². The first-order valence-electron chi connectivity index (χ1n) is 7.08. The van der Waals surface area contributed by atoms with Crippen LogP contribution in [-0.4, -0.2) is 18.6 Å². The van der Waals surface area contributed by atoms with E-state index in [1.165, 1.54) is 31.7 Å². The maximum Gasteiger partial charge on any atom is 0.302 e. The molecule has 1 aromatic rings. The van der Waals surface area contributed by atoms with Crippen molar-refractivity contribution in [3.63, 3.8) is 0 Å². The Kier molecular flexibility index (Phi) is 4.97. The summed E-state index contributed by atoms with van der Waals surface area (Å²) in [4.78, 5) is 10.7. The van der Waals surface area contributed by atoms with Crippen LogP contribution in [0.15, 0.2) is 30.3 Å². The molecule has 1 unspecified atom stereocenters. The lowest BCUT2D eigenvalue weighted by Crippen LogP contribution is -2.42. The van der Waals surface area contributed by atoms with E-state index in [0.29, 0.717) is 12.5 Å². The Hall–Kier alpha value is -1.35. The lowest BCUT2D eigenvalue weighted by Gasteiger charge is -2.39. The average Bonchev–Trinajstić information content (AvgIpc) is 2.35. The molecule has 0 saturated heterocycles. The molecule has 0 aromatic heterocycles. The van der Waals surface area contributed by atoms with E-state index in [2.05, 4.69) is 30.3 Å². The van der Waals surface area contributed by atoms with E-state index in [1.54, 1.807) is 0 Å². The number of carbonyl (C=O) groups excluding carboxylic acids is 1. The van der Waals surface area contributed by atoms with Gasteiger partial charge < -0.3 is 10.5 Å². The third-order valence-corrected chi connectivity index (χ3v) is 4.04. The van der Waals surface area contributed by atoms with E-state index in [-0.39, 0.29) is 12.0 Å². The van der Waals surface area contributed by atoms with Crippen LogP contribution in [0.2, 0.25) is 0 Å². The van der Waals surface area contributed by atoms with Gasteiger partial charge >= 0.3 is 5.97 Å². The van der Waals surface area contributed by atoms with Gasteiger partial charge in [0.1, 0.15) is 6.61 Å². The van der Waals surface area contributed by atoms with Crippen molar-refractivity contribution in [1.29, 1.82) is 0 Å². The van der Waals surface area contributed by atoms with Gasteiger partial charge in [-0.3, -0.25) is 4.79 Å². The van der Waals surface area contributed by atoms with Crippen LogP contribution in [-0.2, 0) is 16.0 Å². The maximum atomic E-state index is 10.7. The van der Waals surface area contributed by atoms with E-state index in [4.69, 9.17) is 10.5 Å². The second kappa shape index (κ2) is 6.71. The molecule has 0 radical (unpaired) electrons. The predicted molar refractivity (Wildman–Crippen MR) is 75.6 cm³/mol. The van der Waals surface area contributed by atoms with Crippen LogP contribution in [0.3, 0.4) is 0 Å². The zero-order valence-electron chi connectivity index (χ0n) is 11.5.